The van der Waals surface area contributed by atoms with Gasteiger partial charge in [-0.3, -0.25) is 4.99 Å². The Morgan fingerprint density at radius 3 is 2.78 bits per heavy atom. The average Bonchev–Trinajstić information content (AvgIpc) is 3.43. The molecule has 1 atom stereocenters. The third-order valence-corrected chi connectivity index (χ3v) is 4.14. The summed E-state index contributed by atoms with van der Waals surface area (Å²) in [4.78, 5) is 6.35. The van der Waals surface area contributed by atoms with E-state index in [-0.39, 0.29) is 42.1 Å². The Balaban J connectivity index is 0.00000364. The van der Waals surface area contributed by atoms with Crippen LogP contribution < -0.4 is 10.1 Å². The molecule has 1 aromatic carbocycles. The molecule has 1 aromatic rings. The van der Waals surface area contributed by atoms with Gasteiger partial charge < -0.3 is 24.8 Å². The van der Waals surface area contributed by atoms with E-state index in [2.05, 4.69) is 10.3 Å². The van der Waals surface area contributed by atoms with Gasteiger partial charge in [0.2, 0.25) is 0 Å². The smallest absolute Gasteiger partial charge is 0.194 e. The second-order valence-corrected chi connectivity index (χ2v) is 6.65. The molecule has 0 aliphatic heterocycles. The van der Waals surface area contributed by atoms with Gasteiger partial charge in [-0.1, -0.05) is 6.07 Å². The van der Waals surface area contributed by atoms with Crippen molar-refractivity contribution in [2.24, 2.45) is 10.9 Å². The zero-order valence-corrected chi connectivity index (χ0v) is 18.6. The monoisotopic (exact) mass is 495 g/mol. The van der Waals surface area contributed by atoms with Crippen LogP contribution in [-0.2, 0) is 11.3 Å². The molecular formula is C19H31FIN3O3. The molecule has 0 bridgehead atoms. The number of methoxy groups -OCH3 is 1. The lowest BCUT2D eigenvalue weighted by atomic mass is 10.2. The van der Waals surface area contributed by atoms with E-state index in [1.165, 1.54) is 26.0 Å². The lowest BCUT2D eigenvalue weighted by Gasteiger charge is -2.23. The molecule has 1 aliphatic carbocycles. The number of benzene rings is 1. The van der Waals surface area contributed by atoms with Crippen LogP contribution in [0.25, 0.3) is 0 Å². The molecule has 6 nitrogen and oxygen atoms in total. The number of hydrogen-bond acceptors (Lipinski definition) is 4. The third kappa shape index (κ3) is 8.61. The van der Waals surface area contributed by atoms with Crippen molar-refractivity contribution in [3.05, 3.63) is 29.6 Å². The van der Waals surface area contributed by atoms with Crippen LogP contribution in [0.3, 0.4) is 0 Å². The van der Waals surface area contributed by atoms with Crippen molar-refractivity contribution in [3.63, 3.8) is 0 Å². The number of nitrogens with one attached hydrogen (secondary N) is 1. The molecule has 0 heterocycles. The first-order valence-corrected chi connectivity index (χ1v) is 9.11. The molecule has 2 N–H and O–H groups in total. The normalized spacial score (nSPS) is 15.1. The van der Waals surface area contributed by atoms with Crippen LogP contribution in [0, 0.1) is 11.7 Å². The maximum Gasteiger partial charge on any atom is 0.194 e. The van der Waals surface area contributed by atoms with Gasteiger partial charge in [-0.05, 0) is 43.4 Å². The SMILES string of the molecule is CCNC(=NCC(O)COCC1CC1)N(C)Cc1ccc(OC)c(F)c1.I. The standard InChI is InChI=1S/C19H30FN3O3.HI/c1-4-21-19(22-10-16(24)13-26-12-14-5-6-14)23(2)11-15-7-8-18(25-3)17(20)9-15;/h7-9,14,16,24H,4-6,10-13H2,1-3H3,(H,21,22);1H. The van der Waals surface area contributed by atoms with Gasteiger partial charge in [-0.15, -0.1) is 24.0 Å². The molecule has 1 aliphatic rings. The molecule has 0 spiro atoms. The Morgan fingerprint density at radius 1 is 1.44 bits per heavy atom. The van der Waals surface area contributed by atoms with Gasteiger partial charge in [0.1, 0.15) is 0 Å². The predicted octanol–water partition coefficient (Wildman–Crippen LogP) is 2.64. The highest BCUT2D eigenvalue weighted by molar-refractivity contribution is 14.0. The number of nitrogens with zero attached hydrogens (tertiary/aromatic N) is 2. The zero-order valence-electron chi connectivity index (χ0n) is 16.3. The van der Waals surface area contributed by atoms with Gasteiger partial charge in [0, 0.05) is 26.7 Å². The van der Waals surface area contributed by atoms with Crippen LogP contribution in [0.5, 0.6) is 5.75 Å². The highest BCUT2D eigenvalue weighted by Crippen LogP contribution is 2.28. The minimum atomic E-state index is -0.630. The van der Waals surface area contributed by atoms with Gasteiger partial charge in [0.05, 0.1) is 26.4 Å². The number of ether oxygens (including phenoxy) is 2. The summed E-state index contributed by atoms with van der Waals surface area (Å²) in [6.07, 6.45) is 1.83. The molecule has 1 fully saturated rings. The highest BCUT2D eigenvalue weighted by atomic mass is 127. The van der Waals surface area contributed by atoms with Crippen LogP contribution in [0.1, 0.15) is 25.3 Å². The summed E-state index contributed by atoms with van der Waals surface area (Å²) in [5, 5.41) is 13.2. The van der Waals surface area contributed by atoms with Gasteiger partial charge in [0.25, 0.3) is 0 Å². The summed E-state index contributed by atoms with van der Waals surface area (Å²) in [6.45, 7) is 4.45. The molecule has 1 saturated carbocycles. The molecule has 0 aromatic heterocycles. The summed E-state index contributed by atoms with van der Waals surface area (Å²) >= 11 is 0. The lowest BCUT2D eigenvalue weighted by Crippen LogP contribution is -2.39. The number of halogens is 2. The maximum atomic E-state index is 13.8. The first-order chi connectivity index (χ1) is 12.5. The van der Waals surface area contributed by atoms with Gasteiger partial charge in [-0.25, -0.2) is 4.39 Å². The number of aliphatic imine (C=N–C) groups is 1. The highest BCUT2D eigenvalue weighted by Gasteiger charge is 2.21. The average molecular weight is 495 g/mol. The number of hydrogen-bond donors (Lipinski definition) is 2. The van der Waals surface area contributed by atoms with E-state index in [1.807, 2.05) is 24.9 Å². The second-order valence-electron chi connectivity index (χ2n) is 6.65. The van der Waals surface area contributed by atoms with E-state index in [9.17, 15) is 9.50 Å². The molecule has 0 radical (unpaired) electrons. The van der Waals surface area contributed by atoms with E-state index in [0.717, 1.165) is 12.2 Å². The van der Waals surface area contributed by atoms with Crippen molar-refractivity contribution in [2.45, 2.75) is 32.4 Å². The fourth-order valence-corrected chi connectivity index (χ4v) is 2.53. The number of aliphatic hydroxyl groups is 1. The number of guanidine groups is 1. The van der Waals surface area contributed by atoms with E-state index in [4.69, 9.17) is 9.47 Å². The van der Waals surface area contributed by atoms with Gasteiger partial charge >= 0.3 is 0 Å². The maximum absolute atomic E-state index is 13.8. The Morgan fingerprint density at radius 2 is 2.19 bits per heavy atom. The van der Waals surface area contributed by atoms with Gasteiger partial charge in [-0.2, -0.15) is 0 Å². The van der Waals surface area contributed by atoms with Crippen LogP contribution in [0.2, 0.25) is 0 Å². The molecule has 0 amide bonds. The van der Waals surface area contributed by atoms with Crippen molar-refractivity contribution in [3.8, 4) is 5.75 Å². The Kier molecular flexibility index (Phi) is 10.9. The Hall–Kier alpha value is -1.13. The Labute approximate surface area is 178 Å². The second kappa shape index (κ2) is 12.4. The summed E-state index contributed by atoms with van der Waals surface area (Å²) in [7, 11) is 3.32. The topological polar surface area (TPSA) is 66.3 Å². The van der Waals surface area contributed by atoms with Crippen LogP contribution in [0.4, 0.5) is 4.39 Å². The van der Waals surface area contributed by atoms with E-state index in [0.29, 0.717) is 31.6 Å². The van der Waals surface area contributed by atoms with Crippen LogP contribution >= 0.6 is 24.0 Å². The summed E-state index contributed by atoms with van der Waals surface area (Å²) in [5.74, 6) is 1.18. The quantitative estimate of drug-likeness (QED) is 0.297. The first kappa shape index (κ1) is 23.9. The zero-order chi connectivity index (χ0) is 18.9. The van der Waals surface area contributed by atoms with Crippen molar-refractivity contribution in [1.29, 1.82) is 0 Å². The molecule has 154 valence electrons. The summed E-state index contributed by atoms with van der Waals surface area (Å²) in [5.41, 5.74) is 0.810. The molecule has 8 heteroatoms. The molecule has 2 rings (SSSR count). The molecule has 27 heavy (non-hydrogen) atoms. The summed E-state index contributed by atoms with van der Waals surface area (Å²) < 4.78 is 24.3. The predicted molar refractivity (Wildman–Crippen MR) is 115 cm³/mol. The van der Waals surface area contributed by atoms with E-state index in [1.54, 1.807) is 6.07 Å². The largest absolute Gasteiger partial charge is 0.494 e. The Bertz CT molecular complexity index is 600. The van der Waals surface area contributed by atoms with Crippen molar-refractivity contribution >= 4 is 29.9 Å². The molecule has 0 saturated heterocycles. The summed E-state index contributed by atoms with van der Waals surface area (Å²) in [6, 6.07) is 4.89. The first-order valence-electron chi connectivity index (χ1n) is 9.11. The van der Waals surface area contributed by atoms with E-state index >= 15 is 0 Å². The fraction of sp³-hybridized carbons (Fsp3) is 0.632. The van der Waals surface area contributed by atoms with E-state index < -0.39 is 6.10 Å². The number of aliphatic hydroxyl groups excluding tert-OH is 1. The third-order valence-electron chi connectivity index (χ3n) is 4.14. The fourth-order valence-electron chi connectivity index (χ4n) is 2.53. The number of rotatable bonds is 10. The van der Waals surface area contributed by atoms with Crippen LogP contribution in [0.15, 0.2) is 23.2 Å². The molecular weight excluding hydrogens is 464 g/mol. The lowest BCUT2D eigenvalue weighted by molar-refractivity contribution is 0.0367. The van der Waals surface area contributed by atoms with Crippen molar-refractivity contribution in [2.75, 3.05) is 40.5 Å². The van der Waals surface area contributed by atoms with Gasteiger partial charge in [0.15, 0.2) is 17.5 Å². The molecule has 1 unspecified atom stereocenters. The van der Waals surface area contributed by atoms with Crippen molar-refractivity contribution in [1.82, 2.24) is 10.2 Å². The minimum absolute atomic E-state index is 0. The van der Waals surface area contributed by atoms with Crippen LogP contribution in [-0.4, -0.2) is 62.5 Å². The minimum Gasteiger partial charge on any atom is -0.494 e. The van der Waals surface area contributed by atoms with Crippen molar-refractivity contribution < 1.29 is 19.0 Å².